The summed E-state index contributed by atoms with van der Waals surface area (Å²) in [6.45, 7) is 2.19. The molecular weight excluding hydrogens is 500 g/mol. The Kier molecular flexibility index (Phi) is 9.34. The molecule has 0 radical (unpaired) electrons. The average Bonchev–Trinajstić information content (AvgIpc) is 2.86. The van der Waals surface area contributed by atoms with Crippen LogP contribution in [0.5, 0.6) is 17.2 Å². The topological polar surface area (TPSA) is 154 Å². The molecule has 0 saturated carbocycles. The number of sulfonamides is 1. The molecule has 2 atom stereocenters. The summed E-state index contributed by atoms with van der Waals surface area (Å²) in [4.78, 5) is 10.6. The molecule has 3 aromatic rings. The quantitative estimate of drug-likeness (QED) is 0.166. The van der Waals surface area contributed by atoms with E-state index in [9.17, 15) is 23.4 Å². The average molecular weight is 531 g/mol. The summed E-state index contributed by atoms with van der Waals surface area (Å²) in [6, 6.07) is 18.5. The van der Waals surface area contributed by atoms with Crippen LogP contribution < -0.4 is 19.5 Å². The molecule has 0 heterocycles. The van der Waals surface area contributed by atoms with Gasteiger partial charge in [-0.1, -0.05) is 30.3 Å². The van der Waals surface area contributed by atoms with Gasteiger partial charge in [0, 0.05) is 12.6 Å². The number of nitrogens with one attached hydrogen (secondary N) is 2. The van der Waals surface area contributed by atoms with E-state index in [2.05, 4.69) is 10.0 Å². The molecule has 10 nitrogen and oxygen atoms in total. The summed E-state index contributed by atoms with van der Waals surface area (Å²) in [5.41, 5.74) is 2.36. The highest BCUT2D eigenvalue weighted by molar-refractivity contribution is 7.92. The number of aromatic hydroxyl groups is 1. The highest BCUT2D eigenvalue weighted by Gasteiger charge is 2.18. The summed E-state index contributed by atoms with van der Waals surface area (Å²) in [7, 11) is -3.58. The van der Waals surface area contributed by atoms with Crippen LogP contribution in [0.4, 0.5) is 5.69 Å². The molecule has 0 bridgehead atoms. The molecule has 0 aliphatic heterocycles. The Bertz CT molecular complexity index is 1300. The summed E-state index contributed by atoms with van der Waals surface area (Å²) in [5, 5.41) is 32.3. The fourth-order valence-corrected chi connectivity index (χ4v) is 4.07. The number of aliphatic hydroxyl groups excluding tert-OH is 1. The maximum absolute atomic E-state index is 11.5. The Morgan fingerprint density at radius 1 is 0.946 bits per heavy atom. The van der Waals surface area contributed by atoms with E-state index in [0.717, 1.165) is 17.4 Å². The number of rotatable bonds is 13. The molecule has 0 fully saturated rings. The lowest BCUT2D eigenvalue weighted by Crippen LogP contribution is -2.35. The Morgan fingerprint density at radius 2 is 1.51 bits per heavy atom. The zero-order chi connectivity index (χ0) is 27.0. The van der Waals surface area contributed by atoms with Gasteiger partial charge >= 0.3 is 5.97 Å². The van der Waals surface area contributed by atoms with Gasteiger partial charge < -0.3 is 30.1 Å². The van der Waals surface area contributed by atoms with Crippen LogP contribution in [0.25, 0.3) is 11.1 Å². The van der Waals surface area contributed by atoms with Gasteiger partial charge in [-0.2, -0.15) is 0 Å². The number of benzene rings is 3. The van der Waals surface area contributed by atoms with Crippen molar-refractivity contribution in [3.63, 3.8) is 0 Å². The number of phenolic OH excluding ortho intramolecular Hbond substituents is 1. The molecule has 0 aromatic heterocycles. The van der Waals surface area contributed by atoms with Gasteiger partial charge in [0.1, 0.15) is 23.9 Å². The van der Waals surface area contributed by atoms with Crippen LogP contribution in [0.3, 0.4) is 0 Å². The van der Waals surface area contributed by atoms with Crippen LogP contribution in [0.2, 0.25) is 0 Å². The number of ether oxygens (including phenoxy) is 2. The van der Waals surface area contributed by atoms with Gasteiger partial charge in [0.25, 0.3) is 0 Å². The Hall–Kier alpha value is -3.80. The van der Waals surface area contributed by atoms with Crippen molar-refractivity contribution in [1.82, 2.24) is 5.32 Å². The largest absolute Gasteiger partial charge is 0.506 e. The van der Waals surface area contributed by atoms with E-state index in [1.165, 1.54) is 18.2 Å². The van der Waals surface area contributed by atoms with Crippen molar-refractivity contribution in [3.05, 3.63) is 72.3 Å². The first kappa shape index (κ1) is 27.8. The smallest absolute Gasteiger partial charge is 0.341 e. The molecule has 0 amide bonds. The maximum Gasteiger partial charge on any atom is 0.341 e. The lowest BCUT2D eigenvalue weighted by atomic mass is 10.0. The highest BCUT2D eigenvalue weighted by atomic mass is 32.2. The monoisotopic (exact) mass is 530 g/mol. The van der Waals surface area contributed by atoms with E-state index in [-0.39, 0.29) is 17.5 Å². The molecule has 0 unspecified atom stereocenters. The number of aliphatic carboxylic acids is 1. The highest BCUT2D eigenvalue weighted by Crippen LogP contribution is 2.29. The van der Waals surface area contributed by atoms with E-state index in [1.54, 1.807) is 19.1 Å². The van der Waals surface area contributed by atoms with Gasteiger partial charge in [-0.25, -0.2) is 13.2 Å². The molecule has 198 valence electrons. The van der Waals surface area contributed by atoms with Gasteiger partial charge in [0.2, 0.25) is 10.0 Å². The minimum atomic E-state index is -3.58. The summed E-state index contributed by atoms with van der Waals surface area (Å²) < 4.78 is 36.1. The standard InChI is InChI=1S/C26H30N2O8S/c1-17(26(32)20-7-12-24(29)23(15-20)28-37(2,33)34)27-13-14-35-21-8-3-18(4-9-21)19-5-10-22(11-6-19)36-16-25(30)31/h3-12,15,17,26-29,32H,13-14,16H2,1-2H3,(H,30,31)/t17-,26-/m0/s1. The molecule has 0 aliphatic carbocycles. The minimum Gasteiger partial charge on any atom is -0.506 e. The third-order valence-electron chi connectivity index (χ3n) is 5.37. The number of carboxylic acid groups (broad SMARTS) is 1. The number of anilines is 1. The van der Waals surface area contributed by atoms with Crippen LogP contribution in [0.15, 0.2) is 66.7 Å². The van der Waals surface area contributed by atoms with Crippen molar-refractivity contribution >= 4 is 21.7 Å². The molecule has 37 heavy (non-hydrogen) atoms. The van der Waals surface area contributed by atoms with Crippen molar-refractivity contribution in [2.45, 2.75) is 19.1 Å². The molecule has 0 spiro atoms. The Morgan fingerprint density at radius 3 is 2.05 bits per heavy atom. The van der Waals surface area contributed by atoms with Crippen molar-refractivity contribution < 1.29 is 38.0 Å². The number of hydrogen-bond acceptors (Lipinski definition) is 8. The normalized spacial score (nSPS) is 12.9. The number of phenols is 1. The Balaban J connectivity index is 1.47. The first-order valence-electron chi connectivity index (χ1n) is 11.4. The SMILES string of the molecule is C[C@H](NCCOc1ccc(-c2ccc(OCC(=O)O)cc2)cc1)[C@H](O)c1ccc(O)c(NS(C)(=O)=O)c1. The van der Waals surface area contributed by atoms with Crippen molar-refractivity contribution in [1.29, 1.82) is 0 Å². The van der Waals surface area contributed by atoms with Gasteiger partial charge in [0.15, 0.2) is 6.61 Å². The predicted octanol–water partition coefficient (Wildman–Crippen LogP) is 2.98. The van der Waals surface area contributed by atoms with E-state index in [0.29, 0.717) is 30.2 Å². The van der Waals surface area contributed by atoms with Gasteiger partial charge in [0.05, 0.1) is 18.0 Å². The molecule has 5 N–H and O–H groups in total. The van der Waals surface area contributed by atoms with E-state index in [1.807, 2.05) is 36.4 Å². The van der Waals surface area contributed by atoms with Crippen molar-refractivity contribution in [3.8, 4) is 28.4 Å². The predicted molar refractivity (Wildman–Crippen MR) is 140 cm³/mol. The van der Waals surface area contributed by atoms with Gasteiger partial charge in [-0.15, -0.1) is 0 Å². The number of hydrogen-bond donors (Lipinski definition) is 5. The number of aliphatic hydroxyl groups is 1. The maximum atomic E-state index is 11.5. The first-order chi connectivity index (χ1) is 17.5. The second kappa shape index (κ2) is 12.4. The van der Waals surface area contributed by atoms with Gasteiger partial charge in [-0.05, 0) is 60.0 Å². The number of carbonyl (C=O) groups is 1. The van der Waals surface area contributed by atoms with Crippen LogP contribution >= 0.6 is 0 Å². The van der Waals surface area contributed by atoms with Crippen molar-refractivity contribution in [2.75, 3.05) is 30.7 Å². The van der Waals surface area contributed by atoms with E-state index in [4.69, 9.17) is 14.6 Å². The molecule has 11 heteroatoms. The summed E-state index contributed by atoms with van der Waals surface area (Å²) in [6.07, 6.45) is 0.0348. The second-order valence-electron chi connectivity index (χ2n) is 8.42. The zero-order valence-corrected chi connectivity index (χ0v) is 21.2. The van der Waals surface area contributed by atoms with Crippen LogP contribution in [-0.4, -0.2) is 61.8 Å². The number of carboxylic acids is 1. The molecule has 3 aromatic carbocycles. The third kappa shape index (κ3) is 8.67. The van der Waals surface area contributed by atoms with E-state index >= 15 is 0 Å². The lowest BCUT2D eigenvalue weighted by molar-refractivity contribution is -0.139. The second-order valence-corrected chi connectivity index (χ2v) is 10.2. The zero-order valence-electron chi connectivity index (χ0n) is 20.4. The van der Waals surface area contributed by atoms with E-state index < -0.39 is 28.7 Å². The molecular formula is C26H30N2O8S. The van der Waals surface area contributed by atoms with Crippen LogP contribution in [0.1, 0.15) is 18.6 Å². The Labute approximate surface area is 215 Å². The van der Waals surface area contributed by atoms with Gasteiger partial charge in [-0.3, -0.25) is 4.72 Å². The van der Waals surface area contributed by atoms with Crippen LogP contribution in [0, 0.1) is 0 Å². The molecule has 3 rings (SSSR count). The fraction of sp³-hybridized carbons (Fsp3) is 0.269. The third-order valence-corrected chi connectivity index (χ3v) is 5.96. The van der Waals surface area contributed by atoms with Crippen LogP contribution in [-0.2, 0) is 14.8 Å². The first-order valence-corrected chi connectivity index (χ1v) is 13.3. The molecule has 0 aliphatic rings. The summed E-state index contributed by atoms with van der Waals surface area (Å²) in [5.74, 6) is -0.108. The molecule has 0 saturated heterocycles. The summed E-state index contributed by atoms with van der Waals surface area (Å²) >= 11 is 0. The lowest BCUT2D eigenvalue weighted by Gasteiger charge is -2.21. The minimum absolute atomic E-state index is 0.000456. The fourth-order valence-electron chi connectivity index (χ4n) is 3.51. The van der Waals surface area contributed by atoms with Crippen molar-refractivity contribution in [2.24, 2.45) is 0 Å².